The topological polar surface area (TPSA) is 24.9 Å². The quantitative estimate of drug-likeness (QED) is 0.875. The Morgan fingerprint density at radius 1 is 1.29 bits per heavy atom. The molecule has 0 fully saturated rings. The van der Waals surface area contributed by atoms with Gasteiger partial charge in [0.2, 0.25) is 0 Å². The van der Waals surface area contributed by atoms with Gasteiger partial charge in [-0.15, -0.1) is 11.3 Å². The first-order chi connectivity index (χ1) is 8.31. The number of thiophene rings is 1. The van der Waals surface area contributed by atoms with E-state index >= 15 is 0 Å². The van der Waals surface area contributed by atoms with Crippen LogP contribution in [-0.4, -0.2) is 4.98 Å². The van der Waals surface area contributed by atoms with Crippen LogP contribution in [0.25, 0.3) is 0 Å². The Hall–Kier alpha value is -1.19. The first kappa shape index (κ1) is 12.3. The molecule has 0 unspecified atom stereocenters. The van der Waals surface area contributed by atoms with E-state index in [9.17, 15) is 0 Å². The van der Waals surface area contributed by atoms with Crippen molar-refractivity contribution in [3.8, 4) is 0 Å². The summed E-state index contributed by atoms with van der Waals surface area (Å²) >= 11 is 1.81. The molecule has 1 N–H and O–H groups in total. The van der Waals surface area contributed by atoms with Gasteiger partial charge in [-0.3, -0.25) is 4.98 Å². The van der Waals surface area contributed by atoms with Gasteiger partial charge in [-0.1, -0.05) is 13.0 Å². The van der Waals surface area contributed by atoms with Crippen molar-refractivity contribution in [3.63, 3.8) is 0 Å². The molecule has 0 aromatic carbocycles. The molecule has 3 heteroatoms. The SMILES string of the molecule is CCc1cccnc1CNCc1sccc1C. The fraction of sp³-hybridized carbons (Fsp3) is 0.357. The van der Waals surface area contributed by atoms with Crippen molar-refractivity contribution < 1.29 is 0 Å². The van der Waals surface area contributed by atoms with Crippen molar-refractivity contribution >= 4 is 11.3 Å². The van der Waals surface area contributed by atoms with E-state index in [1.807, 2.05) is 23.6 Å². The van der Waals surface area contributed by atoms with Crippen LogP contribution in [0.4, 0.5) is 0 Å². The largest absolute Gasteiger partial charge is 0.306 e. The van der Waals surface area contributed by atoms with Crippen molar-refractivity contribution in [2.45, 2.75) is 33.4 Å². The fourth-order valence-corrected chi connectivity index (χ4v) is 2.71. The van der Waals surface area contributed by atoms with Crippen LogP contribution in [0.15, 0.2) is 29.8 Å². The zero-order chi connectivity index (χ0) is 12.1. The maximum absolute atomic E-state index is 4.43. The lowest BCUT2D eigenvalue weighted by Crippen LogP contribution is -2.14. The number of aromatic nitrogens is 1. The Labute approximate surface area is 107 Å². The molecule has 0 aliphatic heterocycles. The van der Waals surface area contributed by atoms with Gasteiger partial charge in [0, 0.05) is 24.2 Å². The molecule has 90 valence electrons. The number of aryl methyl sites for hydroxylation is 2. The predicted molar refractivity (Wildman–Crippen MR) is 73.2 cm³/mol. The van der Waals surface area contributed by atoms with Crippen LogP contribution < -0.4 is 5.32 Å². The predicted octanol–water partition coefficient (Wildman–Crippen LogP) is 3.30. The zero-order valence-electron chi connectivity index (χ0n) is 10.4. The lowest BCUT2D eigenvalue weighted by atomic mass is 10.1. The van der Waals surface area contributed by atoms with Gasteiger partial charge < -0.3 is 5.32 Å². The minimum atomic E-state index is 0.849. The average Bonchev–Trinajstić information content (AvgIpc) is 2.76. The molecule has 2 nitrogen and oxygen atoms in total. The van der Waals surface area contributed by atoms with Gasteiger partial charge in [-0.05, 0) is 42.0 Å². The lowest BCUT2D eigenvalue weighted by Gasteiger charge is -2.07. The third-order valence-electron chi connectivity index (χ3n) is 2.91. The molecule has 0 aliphatic carbocycles. The Morgan fingerprint density at radius 3 is 2.88 bits per heavy atom. The highest BCUT2D eigenvalue weighted by atomic mass is 32.1. The number of nitrogens with one attached hydrogen (secondary N) is 1. The van der Waals surface area contributed by atoms with E-state index in [0.717, 1.165) is 19.5 Å². The van der Waals surface area contributed by atoms with Crippen molar-refractivity contribution in [3.05, 3.63) is 51.5 Å². The van der Waals surface area contributed by atoms with Crippen LogP contribution in [0.5, 0.6) is 0 Å². The molecule has 2 heterocycles. The molecule has 0 saturated heterocycles. The van der Waals surface area contributed by atoms with E-state index in [1.165, 1.54) is 21.7 Å². The lowest BCUT2D eigenvalue weighted by molar-refractivity contribution is 0.678. The third kappa shape index (κ3) is 3.14. The summed E-state index contributed by atoms with van der Waals surface area (Å²) in [6.07, 6.45) is 2.91. The van der Waals surface area contributed by atoms with E-state index in [2.05, 4.69) is 41.7 Å². The molecule has 2 rings (SSSR count). The van der Waals surface area contributed by atoms with Crippen LogP contribution in [0.1, 0.15) is 28.6 Å². The van der Waals surface area contributed by atoms with Crippen LogP contribution in [0.2, 0.25) is 0 Å². The first-order valence-corrected chi connectivity index (χ1v) is 6.85. The van der Waals surface area contributed by atoms with Crippen LogP contribution in [-0.2, 0) is 19.5 Å². The summed E-state index contributed by atoms with van der Waals surface area (Å²) in [6, 6.07) is 6.33. The summed E-state index contributed by atoms with van der Waals surface area (Å²) < 4.78 is 0. The minimum Gasteiger partial charge on any atom is -0.306 e. The highest BCUT2D eigenvalue weighted by Gasteiger charge is 2.02. The molecule has 0 aliphatic rings. The molecular formula is C14H18N2S. The monoisotopic (exact) mass is 246 g/mol. The van der Waals surface area contributed by atoms with Gasteiger partial charge >= 0.3 is 0 Å². The summed E-state index contributed by atoms with van der Waals surface area (Å²) in [5, 5.41) is 5.61. The van der Waals surface area contributed by atoms with Gasteiger partial charge in [0.15, 0.2) is 0 Å². The van der Waals surface area contributed by atoms with E-state index in [1.54, 1.807) is 0 Å². The molecule has 2 aromatic rings. The van der Waals surface area contributed by atoms with E-state index in [-0.39, 0.29) is 0 Å². The Morgan fingerprint density at radius 2 is 2.18 bits per heavy atom. The van der Waals surface area contributed by atoms with Gasteiger partial charge in [-0.2, -0.15) is 0 Å². The molecule has 0 saturated carbocycles. The van der Waals surface area contributed by atoms with Gasteiger partial charge in [0.25, 0.3) is 0 Å². The van der Waals surface area contributed by atoms with E-state index < -0.39 is 0 Å². The second kappa shape index (κ2) is 5.94. The van der Waals surface area contributed by atoms with Crippen LogP contribution in [0, 0.1) is 6.92 Å². The number of pyridine rings is 1. The standard InChI is InChI=1S/C14H18N2S/c1-3-12-5-4-7-16-13(12)9-15-10-14-11(2)6-8-17-14/h4-8,15H,3,9-10H2,1-2H3. The molecule has 0 atom stereocenters. The summed E-state index contributed by atoms with van der Waals surface area (Å²) in [5.74, 6) is 0. The molecule has 0 radical (unpaired) electrons. The normalized spacial score (nSPS) is 10.7. The van der Waals surface area contributed by atoms with Crippen LogP contribution >= 0.6 is 11.3 Å². The molecule has 0 amide bonds. The summed E-state index contributed by atoms with van der Waals surface area (Å²) in [6.45, 7) is 6.11. The van der Waals surface area contributed by atoms with Crippen LogP contribution in [0.3, 0.4) is 0 Å². The summed E-state index contributed by atoms with van der Waals surface area (Å²) in [5.41, 5.74) is 3.88. The first-order valence-electron chi connectivity index (χ1n) is 5.97. The molecule has 0 spiro atoms. The summed E-state index contributed by atoms with van der Waals surface area (Å²) in [4.78, 5) is 5.85. The molecular weight excluding hydrogens is 228 g/mol. The van der Waals surface area contributed by atoms with Crippen molar-refractivity contribution in [1.82, 2.24) is 10.3 Å². The Bertz CT molecular complexity index is 477. The molecule has 17 heavy (non-hydrogen) atoms. The molecule has 2 aromatic heterocycles. The maximum atomic E-state index is 4.43. The zero-order valence-corrected chi connectivity index (χ0v) is 11.2. The average molecular weight is 246 g/mol. The van der Waals surface area contributed by atoms with Gasteiger partial charge in [0.05, 0.1) is 5.69 Å². The van der Waals surface area contributed by atoms with E-state index in [4.69, 9.17) is 0 Å². The third-order valence-corrected chi connectivity index (χ3v) is 3.93. The fourth-order valence-electron chi connectivity index (χ4n) is 1.83. The number of rotatable bonds is 5. The highest BCUT2D eigenvalue weighted by molar-refractivity contribution is 7.10. The highest BCUT2D eigenvalue weighted by Crippen LogP contribution is 2.15. The number of hydrogen-bond acceptors (Lipinski definition) is 3. The van der Waals surface area contributed by atoms with Crippen molar-refractivity contribution in [2.75, 3.05) is 0 Å². The summed E-state index contributed by atoms with van der Waals surface area (Å²) in [7, 11) is 0. The second-order valence-corrected chi connectivity index (χ2v) is 5.09. The van der Waals surface area contributed by atoms with Gasteiger partial charge in [-0.25, -0.2) is 0 Å². The van der Waals surface area contributed by atoms with Crippen molar-refractivity contribution in [2.24, 2.45) is 0 Å². The number of hydrogen-bond donors (Lipinski definition) is 1. The second-order valence-electron chi connectivity index (χ2n) is 4.09. The Balaban J connectivity index is 1.92. The smallest absolute Gasteiger partial charge is 0.0573 e. The van der Waals surface area contributed by atoms with E-state index in [0.29, 0.717) is 0 Å². The molecule has 0 bridgehead atoms. The number of nitrogens with zero attached hydrogens (tertiary/aromatic N) is 1. The maximum Gasteiger partial charge on any atom is 0.0573 e. The minimum absolute atomic E-state index is 0.849. The Kier molecular flexibility index (Phi) is 4.29. The van der Waals surface area contributed by atoms with Crippen molar-refractivity contribution in [1.29, 1.82) is 0 Å². The van der Waals surface area contributed by atoms with Gasteiger partial charge in [0.1, 0.15) is 0 Å².